The minimum Gasteiger partial charge on any atom is -0.493 e. The number of benzene rings is 1. The number of fused-ring (bicyclic) bond motifs is 1. The third-order valence-corrected chi connectivity index (χ3v) is 5.07. The molecule has 1 aliphatic rings. The number of methoxy groups -OCH3 is 2. The summed E-state index contributed by atoms with van der Waals surface area (Å²) in [6.07, 6.45) is 1.58. The van der Waals surface area contributed by atoms with E-state index in [1.165, 1.54) is 16.0 Å². The molecule has 5 heteroatoms. The molecule has 2 N–H and O–H groups in total. The van der Waals surface area contributed by atoms with E-state index in [9.17, 15) is 4.79 Å². The first-order chi connectivity index (χ1) is 11.9. The molecule has 1 unspecified atom stereocenters. The first-order valence-electron chi connectivity index (χ1n) is 9.29. The number of hydrogen-bond acceptors (Lipinski definition) is 3. The van der Waals surface area contributed by atoms with E-state index in [4.69, 9.17) is 9.47 Å². The highest BCUT2D eigenvalue weighted by Crippen LogP contribution is 2.35. The van der Waals surface area contributed by atoms with Gasteiger partial charge in [-0.1, -0.05) is 13.8 Å². The average molecular weight is 349 g/mol. The summed E-state index contributed by atoms with van der Waals surface area (Å²) in [4.78, 5) is 13.8. The summed E-state index contributed by atoms with van der Waals surface area (Å²) in [6.45, 7) is 10.6. The fourth-order valence-corrected chi connectivity index (χ4v) is 3.90. The Morgan fingerprint density at radius 3 is 2.44 bits per heavy atom. The van der Waals surface area contributed by atoms with Crippen molar-refractivity contribution in [2.45, 2.75) is 52.6 Å². The summed E-state index contributed by atoms with van der Waals surface area (Å²) in [5.74, 6) is 2.02. The van der Waals surface area contributed by atoms with Crippen molar-refractivity contribution >= 4 is 5.91 Å². The standard InChI is InChI=1S/C20H32N2O3/c1-7-22-9-8-15-11-17(24-5)18(25-6)12-16(15)20(22)14(4)21-19(23)10-13(2)3/h11-14,20H,7-10H2,1-6H3,(H,21,23)/p+1/t14-,20-/m1/s1. The molecule has 0 saturated carbocycles. The second-order valence-electron chi connectivity index (χ2n) is 7.35. The third kappa shape index (κ3) is 4.46. The van der Waals surface area contributed by atoms with Gasteiger partial charge in [0.2, 0.25) is 5.91 Å². The van der Waals surface area contributed by atoms with Crippen LogP contribution in [0.15, 0.2) is 12.1 Å². The molecule has 0 bridgehead atoms. The van der Waals surface area contributed by atoms with Crippen molar-refractivity contribution in [3.8, 4) is 11.5 Å². The Balaban J connectivity index is 2.33. The number of likely N-dealkylation sites (N-methyl/N-ethyl adjacent to an activating group) is 1. The van der Waals surface area contributed by atoms with Crippen molar-refractivity contribution in [1.29, 1.82) is 0 Å². The van der Waals surface area contributed by atoms with Crippen LogP contribution in [0.5, 0.6) is 11.5 Å². The lowest BCUT2D eigenvalue weighted by Gasteiger charge is -2.37. The number of amides is 1. The molecule has 0 aromatic heterocycles. The number of ether oxygens (including phenoxy) is 2. The molecular weight excluding hydrogens is 316 g/mol. The predicted octanol–water partition coefficient (Wildman–Crippen LogP) is 1.76. The summed E-state index contributed by atoms with van der Waals surface area (Å²) >= 11 is 0. The van der Waals surface area contributed by atoms with Crippen molar-refractivity contribution in [2.24, 2.45) is 5.92 Å². The molecule has 1 aromatic carbocycles. The number of carbonyl (C=O) groups excluding carboxylic acids is 1. The summed E-state index contributed by atoms with van der Waals surface area (Å²) in [7, 11) is 3.34. The summed E-state index contributed by atoms with van der Waals surface area (Å²) in [6, 6.07) is 4.48. The number of carbonyl (C=O) groups is 1. The zero-order chi connectivity index (χ0) is 18.6. The van der Waals surface area contributed by atoms with Crippen LogP contribution in [0.25, 0.3) is 0 Å². The number of hydrogen-bond donors (Lipinski definition) is 2. The van der Waals surface area contributed by atoms with Gasteiger partial charge in [-0.3, -0.25) is 4.79 Å². The van der Waals surface area contributed by atoms with Crippen LogP contribution >= 0.6 is 0 Å². The summed E-state index contributed by atoms with van der Waals surface area (Å²) in [5, 5.41) is 3.22. The molecule has 25 heavy (non-hydrogen) atoms. The first kappa shape index (κ1) is 19.6. The largest absolute Gasteiger partial charge is 0.493 e. The van der Waals surface area contributed by atoms with E-state index in [2.05, 4.69) is 45.1 Å². The van der Waals surface area contributed by atoms with Crippen molar-refractivity contribution in [3.05, 3.63) is 23.3 Å². The van der Waals surface area contributed by atoms with Gasteiger partial charge in [0, 0.05) is 18.4 Å². The van der Waals surface area contributed by atoms with Crippen LogP contribution in [0.1, 0.15) is 51.3 Å². The maximum absolute atomic E-state index is 12.3. The van der Waals surface area contributed by atoms with Crippen LogP contribution in [0.2, 0.25) is 0 Å². The first-order valence-corrected chi connectivity index (χ1v) is 9.29. The fraction of sp³-hybridized carbons (Fsp3) is 0.650. The Kier molecular flexibility index (Phi) is 6.71. The van der Waals surface area contributed by atoms with E-state index in [0.717, 1.165) is 31.0 Å². The van der Waals surface area contributed by atoms with Crippen LogP contribution in [0.4, 0.5) is 0 Å². The molecule has 0 spiro atoms. The molecular formula is C20H33N2O3+. The van der Waals surface area contributed by atoms with Gasteiger partial charge < -0.3 is 19.7 Å². The molecule has 1 heterocycles. The molecule has 0 fully saturated rings. The van der Waals surface area contributed by atoms with Gasteiger partial charge in [-0.2, -0.15) is 0 Å². The Morgan fingerprint density at radius 2 is 1.88 bits per heavy atom. The van der Waals surface area contributed by atoms with Gasteiger partial charge in [0.05, 0.1) is 33.4 Å². The monoisotopic (exact) mass is 349 g/mol. The minimum absolute atomic E-state index is 0.0679. The van der Waals surface area contributed by atoms with E-state index in [0.29, 0.717) is 12.3 Å². The van der Waals surface area contributed by atoms with E-state index in [1.54, 1.807) is 14.2 Å². The lowest BCUT2D eigenvalue weighted by atomic mass is 9.88. The molecule has 0 saturated heterocycles. The molecule has 1 aromatic rings. The predicted molar refractivity (Wildman–Crippen MR) is 99.4 cm³/mol. The molecule has 0 aliphatic carbocycles. The van der Waals surface area contributed by atoms with Crippen LogP contribution in [0.3, 0.4) is 0 Å². The molecule has 1 amide bonds. The van der Waals surface area contributed by atoms with Crippen molar-refractivity contribution < 1.29 is 19.2 Å². The summed E-state index contributed by atoms with van der Waals surface area (Å²) < 4.78 is 11.0. The second kappa shape index (κ2) is 8.56. The van der Waals surface area contributed by atoms with Crippen LogP contribution in [-0.2, 0) is 11.2 Å². The van der Waals surface area contributed by atoms with Gasteiger partial charge in [-0.15, -0.1) is 0 Å². The molecule has 3 atom stereocenters. The number of nitrogens with one attached hydrogen (secondary N) is 2. The Hall–Kier alpha value is -1.75. The van der Waals surface area contributed by atoms with Gasteiger partial charge in [0.25, 0.3) is 0 Å². The maximum Gasteiger partial charge on any atom is 0.220 e. The highest BCUT2D eigenvalue weighted by atomic mass is 16.5. The molecule has 5 nitrogen and oxygen atoms in total. The summed E-state index contributed by atoms with van der Waals surface area (Å²) in [5.41, 5.74) is 2.56. The Morgan fingerprint density at radius 1 is 1.24 bits per heavy atom. The Labute approximate surface area is 151 Å². The van der Waals surface area contributed by atoms with E-state index in [-0.39, 0.29) is 18.0 Å². The highest BCUT2D eigenvalue weighted by molar-refractivity contribution is 5.76. The maximum atomic E-state index is 12.3. The normalized spacial score (nSPS) is 20.8. The second-order valence-corrected chi connectivity index (χ2v) is 7.35. The van der Waals surface area contributed by atoms with Crippen LogP contribution in [0, 0.1) is 5.92 Å². The van der Waals surface area contributed by atoms with E-state index in [1.807, 2.05) is 0 Å². The fourth-order valence-electron chi connectivity index (χ4n) is 3.90. The zero-order valence-electron chi connectivity index (χ0n) is 16.4. The van der Waals surface area contributed by atoms with Gasteiger partial charge in [0.1, 0.15) is 6.04 Å². The average Bonchev–Trinajstić information content (AvgIpc) is 2.58. The van der Waals surface area contributed by atoms with Crippen LogP contribution in [-0.4, -0.2) is 39.3 Å². The van der Waals surface area contributed by atoms with Gasteiger partial charge in [-0.25, -0.2) is 0 Å². The third-order valence-electron chi connectivity index (χ3n) is 5.07. The smallest absolute Gasteiger partial charge is 0.220 e. The van der Waals surface area contributed by atoms with Gasteiger partial charge in [-0.05, 0) is 37.5 Å². The van der Waals surface area contributed by atoms with E-state index >= 15 is 0 Å². The van der Waals surface area contributed by atoms with Crippen molar-refractivity contribution in [2.75, 3.05) is 27.3 Å². The van der Waals surface area contributed by atoms with Gasteiger partial charge >= 0.3 is 0 Å². The Bertz CT molecular complexity index is 601. The zero-order valence-corrected chi connectivity index (χ0v) is 16.4. The van der Waals surface area contributed by atoms with E-state index < -0.39 is 0 Å². The molecule has 140 valence electrons. The number of quaternary nitrogens is 1. The van der Waals surface area contributed by atoms with Crippen LogP contribution < -0.4 is 19.7 Å². The van der Waals surface area contributed by atoms with Crippen molar-refractivity contribution in [3.63, 3.8) is 0 Å². The molecule has 0 radical (unpaired) electrons. The quantitative estimate of drug-likeness (QED) is 0.789. The van der Waals surface area contributed by atoms with Gasteiger partial charge in [0.15, 0.2) is 11.5 Å². The van der Waals surface area contributed by atoms with Crippen molar-refractivity contribution in [1.82, 2.24) is 5.32 Å². The SMILES string of the molecule is CC[NH+]1CCc2cc(OC)c(OC)cc2[C@H]1[C@@H](C)NC(=O)CC(C)C. The topological polar surface area (TPSA) is 52.0 Å². The minimum atomic E-state index is 0.0679. The molecule has 1 aliphatic heterocycles. The molecule has 2 rings (SSSR count). The lowest BCUT2D eigenvalue weighted by Crippen LogP contribution is -3.14. The highest BCUT2D eigenvalue weighted by Gasteiger charge is 2.36. The lowest BCUT2D eigenvalue weighted by molar-refractivity contribution is -0.933. The number of rotatable bonds is 7.